The van der Waals surface area contributed by atoms with Gasteiger partial charge < -0.3 is 15.3 Å². The Hall–Kier alpha value is -2.37. The molecule has 1 aliphatic rings. The van der Waals surface area contributed by atoms with Crippen molar-refractivity contribution in [3.63, 3.8) is 0 Å². The van der Waals surface area contributed by atoms with Gasteiger partial charge in [0, 0.05) is 26.2 Å². The molecule has 1 aliphatic carbocycles. The van der Waals surface area contributed by atoms with Crippen LogP contribution in [0.4, 0.5) is 0 Å². The maximum absolute atomic E-state index is 12.2. The van der Waals surface area contributed by atoms with Crippen LogP contribution < -0.4 is 5.32 Å². The third-order valence-electron chi connectivity index (χ3n) is 3.78. The summed E-state index contributed by atoms with van der Waals surface area (Å²) in [6, 6.07) is 6.87. The molecule has 0 bridgehead atoms. The number of carbonyl (C=O) groups excluding carboxylic acids is 2. The lowest BCUT2D eigenvalue weighted by Crippen LogP contribution is -2.38. The number of hydrogen-bond donors (Lipinski definition) is 2. The van der Waals surface area contributed by atoms with E-state index in [0.29, 0.717) is 24.9 Å². The smallest absolute Gasteiger partial charge is 0.319 e. The van der Waals surface area contributed by atoms with Gasteiger partial charge in [-0.2, -0.15) is 0 Å². The van der Waals surface area contributed by atoms with Gasteiger partial charge in [0.15, 0.2) is 0 Å². The highest BCUT2D eigenvalue weighted by Crippen LogP contribution is 2.47. The average Bonchev–Trinajstić information content (AvgIpc) is 3.28. The molecule has 21 heavy (non-hydrogen) atoms. The maximum Gasteiger partial charge on any atom is 0.319 e. The first-order valence-corrected chi connectivity index (χ1v) is 6.71. The van der Waals surface area contributed by atoms with Crippen LogP contribution in [0.25, 0.3) is 0 Å². The molecule has 0 radical (unpaired) electrons. The van der Waals surface area contributed by atoms with E-state index in [1.165, 1.54) is 4.90 Å². The Bertz CT molecular complexity index is 576. The van der Waals surface area contributed by atoms with Crippen LogP contribution in [0.15, 0.2) is 24.3 Å². The highest BCUT2D eigenvalue weighted by Gasteiger charge is 2.58. The topological polar surface area (TPSA) is 86.7 Å². The maximum atomic E-state index is 12.2. The fourth-order valence-corrected chi connectivity index (χ4v) is 2.26. The van der Waals surface area contributed by atoms with Gasteiger partial charge in [-0.15, -0.1) is 0 Å². The number of carboxylic acids is 1. The van der Waals surface area contributed by atoms with Crippen molar-refractivity contribution in [1.29, 1.82) is 0 Å². The molecule has 0 saturated heterocycles. The first-order chi connectivity index (χ1) is 9.90. The van der Waals surface area contributed by atoms with Gasteiger partial charge in [-0.3, -0.25) is 14.4 Å². The number of carbonyl (C=O) groups is 3. The quantitative estimate of drug-likeness (QED) is 0.788. The van der Waals surface area contributed by atoms with Crippen LogP contribution in [0.5, 0.6) is 0 Å². The Morgan fingerprint density at radius 3 is 2.24 bits per heavy atom. The van der Waals surface area contributed by atoms with Crippen LogP contribution >= 0.6 is 0 Å². The minimum Gasteiger partial charge on any atom is -0.480 e. The van der Waals surface area contributed by atoms with Gasteiger partial charge in [0.1, 0.15) is 5.41 Å². The van der Waals surface area contributed by atoms with Gasteiger partial charge in [-0.1, -0.05) is 12.1 Å². The molecular formula is C15H18N2O4. The molecule has 0 spiro atoms. The summed E-state index contributed by atoms with van der Waals surface area (Å²) in [5.74, 6) is -1.58. The molecule has 112 valence electrons. The predicted molar refractivity (Wildman–Crippen MR) is 75.6 cm³/mol. The molecule has 6 nitrogen and oxygen atoms in total. The highest BCUT2D eigenvalue weighted by molar-refractivity contribution is 6.04. The van der Waals surface area contributed by atoms with Crippen LogP contribution in [0, 0.1) is 5.41 Å². The molecular weight excluding hydrogens is 272 g/mol. The van der Waals surface area contributed by atoms with Crippen LogP contribution in [-0.4, -0.2) is 41.9 Å². The van der Waals surface area contributed by atoms with E-state index >= 15 is 0 Å². The van der Waals surface area contributed by atoms with Crippen molar-refractivity contribution in [2.45, 2.75) is 19.4 Å². The van der Waals surface area contributed by atoms with Gasteiger partial charge in [-0.25, -0.2) is 0 Å². The Morgan fingerprint density at radius 1 is 1.24 bits per heavy atom. The number of carboxylic acid groups (broad SMARTS) is 1. The molecule has 0 aliphatic heterocycles. The number of rotatable bonds is 5. The minimum absolute atomic E-state index is 0.172. The molecule has 0 unspecified atom stereocenters. The van der Waals surface area contributed by atoms with E-state index in [-0.39, 0.29) is 11.8 Å². The second-order valence-electron chi connectivity index (χ2n) is 5.32. The van der Waals surface area contributed by atoms with Crippen molar-refractivity contribution < 1.29 is 19.5 Å². The molecule has 1 fully saturated rings. The Morgan fingerprint density at radius 2 is 1.81 bits per heavy atom. The predicted octanol–water partition coefficient (Wildman–Crippen LogP) is 0.869. The number of benzene rings is 1. The van der Waals surface area contributed by atoms with Crippen LogP contribution in [0.1, 0.15) is 28.8 Å². The molecule has 2 N–H and O–H groups in total. The fraction of sp³-hybridized carbons (Fsp3) is 0.400. The van der Waals surface area contributed by atoms with Crippen LogP contribution in [0.3, 0.4) is 0 Å². The van der Waals surface area contributed by atoms with Crippen molar-refractivity contribution in [2.75, 3.05) is 14.1 Å². The number of aliphatic carboxylic acids is 1. The summed E-state index contributed by atoms with van der Waals surface area (Å²) < 4.78 is 0. The lowest BCUT2D eigenvalue weighted by Gasteiger charge is -2.21. The van der Waals surface area contributed by atoms with E-state index in [1.807, 2.05) is 0 Å². The van der Waals surface area contributed by atoms with Gasteiger partial charge in [0.2, 0.25) is 5.91 Å². The number of nitrogens with one attached hydrogen (secondary N) is 1. The second kappa shape index (κ2) is 5.55. The minimum atomic E-state index is -1.21. The van der Waals surface area contributed by atoms with E-state index < -0.39 is 11.4 Å². The molecule has 2 amide bonds. The molecule has 0 atom stereocenters. The molecule has 2 rings (SSSR count). The molecule has 0 heterocycles. The highest BCUT2D eigenvalue weighted by atomic mass is 16.4. The Kier molecular flexibility index (Phi) is 3.97. The van der Waals surface area contributed by atoms with Gasteiger partial charge in [0.25, 0.3) is 5.91 Å². The Balaban J connectivity index is 2.03. The molecule has 1 aromatic carbocycles. The lowest BCUT2D eigenvalue weighted by molar-refractivity contribution is -0.153. The third-order valence-corrected chi connectivity index (χ3v) is 3.78. The van der Waals surface area contributed by atoms with E-state index in [2.05, 4.69) is 5.32 Å². The molecule has 1 aromatic rings. The lowest BCUT2D eigenvalue weighted by atomic mass is 10.1. The zero-order valence-electron chi connectivity index (χ0n) is 12.0. The number of nitrogens with zero attached hydrogens (tertiary/aromatic N) is 1. The van der Waals surface area contributed by atoms with E-state index in [1.54, 1.807) is 38.4 Å². The van der Waals surface area contributed by atoms with Crippen molar-refractivity contribution >= 4 is 17.8 Å². The van der Waals surface area contributed by atoms with E-state index in [0.717, 1.165) is 5.56 Å². The Labute approximate surface area is 122 Å². The monoisotopic (exact) mass is 290 g/mol. The van der Waals surface area contributed by atoms with Crippen molar-refractivity contribution in [3.8, 4) is 0 Å². The SMILES string of the molecule is CNC(=O)c1ccc(CN(C)C(=O)C2(C(=O)O)CC2)cc1. The third kappa shape index (κ3) is 2.89. The normalized spacial score (nSPS) is 15.1. The second-order valence-corrected chi connectivity index (χ2v) is 5.32. The molecule has 0 aromatic heterocycles. The van der Waals surface area contributed by atoms with Gasteiger partial charge >= 0.3 is 5.97 Å². The summed E-state index contributed by atoms with van der Waals surface area (Å²) in [5.41, 5.74) is 0.177. The summed E-state index contributed by atoms with van der Waals surface area (Å²) in [6.07, 6.45) is 0.808. The first kappa shape index (κ1) is 15.0. The molecule has 1 saturated carbocycles. The number of amides is 2. The summed E-state index contributed by atoms with van der Waals surface area (Å²) >= 11 is 0. The van der Waals surface area contributed by atoms with Gasteiger partial charge in [0.05, 0.1) is 0 Å². The first-order valence-electron chi connectivity index (χ1n) is 6.71. The zero-order valence-corrected chi connectivity index (χ0v) is 12.0. The summed E-state index contributed by atoms with van der Waals surface area (Å²) in [5, 5.41) is 11.7. The largest absolute Gasteiger partial charge is 0.480 e. The number of hydrogen-bond acceptors (Lipinski definition) is 3. The average molecular weight is 290 g/mol. The van der Waals surface area contributed by atoms with E-state index in [9.17, 15) is 14.4 Å². The van der Waals surface area contributed by atoms with Gasteiger partial charge in [-0.05, 0) is 30.5 Å². The fourth-order valence-electron chi connectivity index (χ4n) is 2.26. The van der Waals surface area contributed by atoms with Crippen LogP contribution in [-0.2, 0) is 16.1 Å². The van der Waals surface area contributed by atoms with Crippen molar-refractivity contribution in [3.05, 3.63) is 35.4 Å². The van der Waals surface area contributed by atoms with Crippen molar-refractivity contribution in [1.82, 2.24) is 10.2 Å². The zero-order chi connectivity index (χ0) is 15.6. The molecule has 6 heteroatoms. The standard InChI is InChI=1S/C15H18N2O4/c1-16-12(18)11-5-3-10(4-6-11)9-17(2)13(19)15(7-8-15)14(20)21/h3-6H,7-9H2,1-2H3,(H,16,18)(H,20,21). The van der Waals surface area contributed by atoms with E-state index in [4.69, 9.17) is 5.11 Å². The summed E-state index contributed by atoms with van der Waals surface area (Å²) in [6.45, 7) is 0.321. The van der Waals surface area contributed by atoms with Crippen LogP contribution in [0.2, 0.25) is 0 Å². The summed E-state index contributed by atoms with van der Waals surface area (Å²) in [4.78, 5) is 36.2. The van der Waals surface area contributed by atoms with Crippen molar-refractivity contribution in [2.24, 2.45) is 5.41 Å². The summed E-state index contributed by atoms with van der Waals surface area (Å²) in [7, 11) is 3.15.